The third kappa shape index (κ3) is 3.79. The number of carboxylic acid groups (broad SMARTS) is 1. The highest BCUT2D eigenvalue weighted by molar-refractivity contribution is 6.33. The number of anilines is 1. The van der Waals surface area contributed by atoms with Gasteiger partial charge in [0.25, 0.3) is 0 Å². The average molecular weight is 254 g/mol. The normalized spacial score (nSPS) is 11.1. The summed E-state index contributed by atoms with van der Waals surface area (Å²) in [6, 6.07) is 5.85. The number of aliphatic carboxylic acids is 1. The molecule has 4 heteroatoms. The highest BCUT2D eigenvalue weighted by Crippen LogP contribution is 2.27. The monoisotopic (exact) mass is 253 g/mol. The highest BCUT2D eigenvalue weighted by atomic mass is 35.5. The Kier molecular flexibility index (Phi) is 4.58. The lowest BCUT2D eigenvalue weighted by Gasteiger charge is -2.24. The predicted molar refractivity (Wildman–Crippen MR) is 71.7 cm³/mol. The van der Waals surface area contributed by atoms with E-state index < -0.39 is 5.97 Å². The topological polar surface area (TPSA) is 40.5 Å². The lowest BCUT2D eigenvalue weighted by Crippen LogP contribution is -2.25. The molecular formula is C13H16ClNO2. The maximum absolute atomic E-state index is 10.4. The van der Waals surface area contributed by atoms with Crippen LogP contribution in [0.4, 0.5) is 5.69 Å². The predicted octanol–water partition coefficient (Wildman–Crippen LogP) is 3.28. The summed E-state index contributed by atoms with van der Waals surface area (Å²) < 4.78 is 0. The number of carbonyl (C=O) groups is 1. The van der Waals surface area contributed by atoms with Crippen LogP contribution in [0.15, 0.2) is 24.3 Å². The number of halogens is 1. The van der Waals surface area contributed by atoms with Crippen molar-refractivity contribution in [3.63, 3.8) is 0 Å². The molecule has 0 aromatic heterocycles. The van der Waals surface area contributed by atoms with E-state index in [1.54, 1.807) is 6.07 Å². The third-order valence-electron chi connectivity index (χ3n) is 2.54. The first-order valence-electron chi connectivity index (χ1n) is 5.35. The zero-order valence-corrected chi connectivity index (χ0v) is 10.9. The van der Waals surface area contributed by atoms with Gasteiger partial charge in [0.15, 0.2) is 0 Å². The second-order valence-corrected chi connectivity index (χ2v) is 4.49. The van der Waals surface area contributed by atoms with E-state index in [9.17, 15) is 4.79 Å². The summed E-state index contributed by atoms with van der Waals surface area (Å²) in [7, 11) is 1.97. The minimum absolute atomic E-state index is 0.355. The van der Waals surface area contributed by atoms with Crippen molar-refractivity contribution in [2.75, 3.05) is 11.9 Å². The molecule has 1 aromatic carbocycles. The molecule has 0 unspecified atom stereocenters. The summed E-state index contributed by atoms with van der Waals surface area (Å²) in [6.45, 7) is 4.16. The van der Waals surface area contributed by atoms with Crippen molar-refractivity contribution in [3.8, 4) is 0 Å². The van der Waals surface area contributed by atoms with Crippen LogP contribution in [0, 0.1) is 0 Å². The van der Waals surface area contributed by atoms with Gasteiger partial charge in [0.1, 0.15) is 0 Å². The smallest absolute Gasteiger partial charge is 0.328 e. The Morgan fingerprint density at radius 2 is 2.12 bits per heavy atom. The molecular weight excluding hydrogens is 238 g/mol. The van der Waals surface area contributed by atoms with E-state index in [-0.39, 0.29) is 0 Å². The zero-order chi connectivity index (χ0) is 13.0. The van der Waals surface area contributed by atoms with Gasteiger partial charge in [0.05, 0.1) is 10.7 Å². The lowest BCUT2D eigenvalue weighted by molar-refractivity contribution is -0.131. The van der Waals surface area contributed by atoms with Gasteiger partial charge in [0.2, 0.25) is 0 Å². The minimum Gasteiger partial charge on any atom is -0.478 e. The fourth-order valence-electron chi connectivity index (χ4n) is 1.36. The van der Waals surface area contributed by atoms with E-state index in [1.807, 2.05) is 19.2 Å². The van der Waals surface area contributed by atoms with Gasteiger partial charge in [-0.2, -0.15) is 0 Å². The molecule has 0 bridgehead atoms. The van der Waals surface area contributed by atoms with E-state index in [2.05, 4.69) is 18.7 Å². The van der Waals surface area contributed by atoms with Crippen LogP contribution in [-0.2, 0) is 4.79 Å². The molecule has 0 heterocycles. The Balaban J connectivity index is 2.98. The largest absolute Gasteiger partial charge is 0.478 e. The molecule has 0 fully saturated rings. The van der Waals surface area contributed by atoms with E-state index in [4.69, 9.17) is 16.7 Å². The standard InChI is InChI=1S/C13H16ClNO2/c1-9(2)15(3)12-6-4-10(8-11(12)14)5-7-13(16)17/h4-9H,1-3H3,(H,16,17)/b7-5+. The van der Waals surface area contributed by atoms with Crippen LogP contribution in [0.2, 0.25) is 5.02 Å². The third-order valence-corrected chi connectivity index (χ3v) is 2.85. The molecule has 92 valence electrons. The molecule has 0 saturated carbocycles. The van der Waals surface area contributed by atoms with Crippen LogP contribution in [0.3, 0.4) is 0 Å². The number of hydrogen-bond donors (Lipinski definition) is 1. The van der Waals surface area contributed by atoms with Crippen LogP contribution >= 0.6 is 11.6 Å². The van der Waals surface area contributed by atoms with Gasteiger partial charge < -0.3 is 10.0 Å². The van der Waals surface area contributed by atoms with Gasteiger partial charge in [0, 0.05) is 19.2 Å². The molecule has 1 aromatic rings. The molecule has 0 aliphatic carbocycles. The first kappa shape index (κ1) is 13.6. The molecule has 0 radical (unpaired) electrons. The van der Waals surface area contributed by atoms with Crippen molar-refractivity contribution in [1.82, 2.24) is 0 Å². The Labute approximate surface area is 106 Å². The van der Waals surface area contributed by atoms with Crippen molar-refractivity contribution in [1.29, 1.82) is 0 Å². The van der Waals surface area contributed by atoms with Crippen molar-refractivity contribution >= 4 is 29.3 Å². The van der Waals surface area contributed by atoms with Crippen molar-refractivity contribution in [2.45, 2.75) is 19.9 Å². The number of benzene rings is 1. The van der Waals surface area contributed by atoms with Gasteiger partial charge in [-0.25, -0.2) is 4.79 Å². The summed E-state index contributed by atoms with van der Waals surface area (Å²) in [5.74, 6) is -0.968. The van der Waals surface area contributed by atoms with Gasteiger partial charge >= 0.3 is 5.97 Å². The van der Waals surface area contributed by atoms with E-state index in [0.717, 1.165) is 17.3 Å². The molecule has 3 nitrogen and oxygen atoms in total. The Morgan fingerprint density at radius 1 is 1.47 bits per heavy atom. The van der Waals surface area contributed by atoms with E-state index in [1.165, 1.54) is 6.08 Å². The number of carboxylic acids is 1. The fraction of sp³-hybridized carbons (Fsp3) is 0.308. The molecule has 0 atom stereocenters. The Bertz CT molecular complexity index is 441. The minimum atomic E-state index is -0.968. The first-order valence-corrected chi connectivity index (χ1v) is 5.73. The summed E-state index contributed by atoms with van der Waals surface area (Å²) in [4.78, 5) is 12.5. The van der Waals surface area contributed by atoms with Crippen LogP contribution in [0.5, 0.6) is 0 Å². The highest BCUT2D eigenvalue weighted by Gasteiger charge is 2.08. The molecule has 1 N–H and O–H groups in total. The van der Waals surface area contributed by atoms with Gasteiger partial charge in [-0.1, -0.05) is 17.7 Å². The SMILES string of the molecule is CC(C)N(C)c1ccc(/C=C/C(=O)O)cc1Cl. The van der Waals surface area contributed by atoms with Gasteiger partial charge in [-0.05, 0) is 37.6 Å². The van der Waals surface area contributed by atoms with Crippen molar-refractivity contribution in [2.24, 2.45) is 0 Å². The van der Waals surface area contributed by atoms with E-state index in [0.29, 0.717) is 11.1 Å². The van der Waals surface area contributed by atoms with E-state index >= 15 is 0 Å². The maximum atomic E-state index is 10.4. The summed E-state index contributed by atoms with van der Waals surface area (Å²) >= 11 is 6.16. The summed E-state index contributed by atoms with van der Waals surface area (Å²) in [6.07, 6.45) is 2.62. The maximum Gasteiger partial charge on any atom is 0.328 e. The second-order valence-electron chi connectivity index (χ2n) is 4.09. The molecule has 1 rings (SSSR count). The van der Waals surface area contributed by atoms with Crippen LogP contribution < -0.4 is 4.90 Å². The second kappa shape index (κ2) is 5.73. The summed E-state index contributed by atoms with van der Waals surface area (Å²) in [5.41, 5.74) is 1.72. The van der Waals surface area contributed by atoms with Gasteiger partial charge in [-0.15, -0.1) is 0 Å². The number of rotatable bonds is 4. The van der Waals surface area contributed by atoms with Crippen LogP contribution in [-0.4, -0.2) is 24.2 Å². The van der Waals surface area contributed by atoms with Crippen molar-refractivity contribution in [3.05, 3.63) is 34.9 Å². The number of hydrogen-bond acceptors (Lipinski definition) is 2. The van der Waals surface area contributed by atoms with Crippen LogP contribution in [0.1, 0.15) is 19.4 Å². The average Bonchev–Trinajstić information content (AvgIpc) is 2.25. The van der Waals surface area contributed by atoms with Crippen LogP contribution in [0.25, 0.3) is 6.08 Å². The zero-order valence-electron chi connectivity index (χ0n) is 10.1. The molecule has 17 heavy (non-hydrogen) atoms. The molecule has 0 amide bonds. The number of nitrogens with zero attached hydrogens (tertiary/aromatic N) is 1. The molecule has 0 aliphatic rings. The quantitative estimate of drug-likeness (QED) is 0.838. The van der Waals surface area contributed by atoms with Crippen molar-refractivity contribution < 1.29 is 9.90 Å². The fourth-order valence-corrected chi connectivity index (χ4v) is 1.68. The summed E-state index contributed by atoms with van der Waals surface area (Å²) in [5, 5.41) is 9.15. The molecule has 0 aliphatic heterocycles. The molecule has 0 spiro atoms. The first-order chi connectivity index (χ1) is 7.91. The Morgan fingerprint density at radius 3 is 2.59 bits per heavy atom. The Hall–Kier alpha value is -1.48. The van der Waals surface area contributed by atoms with Gasteiger partial charge in [-0.3, -0.25) is 0 Å². The lowest BCUT2D eigenvalue weighted by atomic mass is 10.1. The molecule has 0 saturated heterocycles.